The highest BCUT2D eigenvalue weighted by molar-refractivity contribution is 5.30. The number of aromatic nitrogens is 4. The Hall–Kier alpha value is -1.75. The molecule has 3 rings (SSSR count). The Labute approximate surface area is 119 Å². The van der Waals surface area contributed by atoms with Gasteiger partial charge in [-0.1, -0.05) is 37.5 Å². The van der Waals surface area contributed by atoms with Crippen molar-refractivity contribution in [2.24, 2.45) is 11.1 Å². The second kappa shape index (κ2) is 5.71. The maximum atomic E-state index is 6.07. The lowest BCUT2D eigenvalue weighted by Crippen LogP contribution is -2.35. The van der Waals surface area contributed by atoms with Crippen molar-refractivity contribution in [3.63, 3.8) is 0 Å². The predicted octanol–water partition coefficient (Wildman–Crippen LogP) is 2.11. The molecule has 1 fully saturated rings. The molecule has 0 unspecified atom stereocenters. The van der Waals surface area contributed by atoms with E-state index >= 15 is 0 Å². The monoisotopic (exact) mass is 271 g/mol. The molecule has 2 N–H and O–H groups in total. The molecule has 0 saturated heterocycles. The molecule has 1 aliphatic carbocycles. The Balaban J connectivity index is 1.86. The fourth-order valence-corrected chi connectivity index (χ4v) is 3.18. The van der Waals surface area contributed by atoms with Crippen LogP contribution >= 0.6 is 0 Å². The average molecular weight is 271 g/mol. The van der Waals surface area contributed by atoms with E-state index in [-0.39, 0.29) is 5.41 Å². The number of benzene rings is 1. The maximum absolute atomic E-state index is 6.07. The molecule has 20 heavy (non-hydrogen) atoms. The van der Waals surface area contributed by atoms with Gasteiger partial charge in [0.1, 0.15) is 0 Å². The zero-order chi connectivity index (χ0) is 13.8. The maximum Gasteiger partial charge on any atom is 0.157 e. The Morgan fingerprint density at radius 2 is 1.85 bits per heavy atom. The van der Waals surface area contributed by atoms with Crippen LogP contribution in [0.4, 0.5) is 0 Å². The van der Waals surface area contributed by atoms with Crippen molar-refractivity contribution < 1.29 is 0 Å². The van der Waals surface area contributed by atoms with Gasteiger partial charge >= 0.3 is 0 Å². The quantitative estimate of drug-likeness (QED) is 0.924. The van der Waals surface area contributed by atoms with E-state index < -0.39 is 0 Å². The SMILES string of the molecule is NCC1(Cc2nnnn2-c2ccccc2)CCCCC1. The van der Waals surface area contributed by atoms with Crippen molar-refractivity contribution in [3.8, 4) is 5.69 Å². The van der Waals surface area contributed by atoms with Gasteiger partial charge in [-0.25, -0.2) is 0 Å². The van der Waals surface area contributed by atoms with Crippen LogP contribution in [0.2, 0.25) is 0 Å². The van der Waals surface area contributed by atoms with Crippen LogP contribution in [0.15, 0.2) is 30.3 Å². The van der Waals surface area contributed by atoms with Gasteiger partial charge in [-0.05, 0) is 47.4 Å². The zero-order valence-corrected chi connectivity index (χ0v) is 11.7. The highest BCUT2D eigenvalue weighted by Crippen LogP contribution is 2.38. The number of rotatable bonds is 4. The van der Waals surface area contributed by atoms with Crippen LogP contribution in [-0.2, 0) is 6.42 Å². The summed E-state index contributed by atoms with van der Waals surface area (Å²) in [7, 11) is 0. The fourth-order valence-electron chi connectivity index (χ4n) is 3.18. The molecular weight excluding hydrogens is 250 g/mol. The molecule has 1 aromatic carbocycles. The standard InChI is InChI=1S/C15H21N5/c16-12-15(9-5-2-6-10-15)11-14-17-18-19-20(14)13-7-3-1-4-8-13/h1,3-4,7-8H,2,5-6,9-12,16H2. The average Bonchev–Trinajstić information content (AvgIpc) is 2.97. The first-order valence-electron chi connectivity index (χ1n) is 7.36. The van der Waals surface area contributed by atoms with Crippen LogP contribution in [-0.4, -0.2) is 26.8 Å². The first kappa shape index (κ1) is 13.2. The van der Waals surface area contributed by atoms with E-state index in [2.05, 4.69) is 15.5 Å². The lowest BCUT2D eigenvalue weighted by atomic mass is 9.71. The van der Waals surface area contributed by atoms with Gasteiger partial charge in [-0.3, -0.25) is 0 Å². The second-order valence-electron chi connectivity index (χ2n) is 5.78. The highest BCUT2D eigenvalue weighted by atomic mass is 15.5. The van der Waals surface area contributed by atoms with E-state index in [1.54, 1.807) is 0 Å². The minimum absolute atomic E-state index is 0.180. The molecule has 5 nitrogen and oxygen atoms in total. The van der Waals surface area contributed by atoms with E-state index in [0.29, 0.717) is 6.54 Å². The lowest BCUT2D eigenvalue weighted by molar-refractivity contribution is 0.192. The van der Waals surface area contributed by atoms with E-state index in [9.17, 15) is 0 Å². The molecular formula is C15H21N5. The van der Waals surface area contributed by atoms with E-state index in [1.807, 2.05) is 35.0 Å². The molecule has 1 saturated carbocycles. The number of hydrogen-bond acceptors (Lipinski definition) is 4. The molecule has 0 spiro atoms. The summed E-state index contributed by atoms with van der Waals surface area (Å²) in [6.07, 6.45) is 7.10. The third-order valence-electron chi connectivity index (χ3n) is 4.42. The van der Waals surface area contributed by atoms with Crippen LogP contribution in [0.3, 0.4) is 0 Å². The van der Waals surface area contributed by atoms with Crippen molar-refractivity contribution in [2.45, 2.75) is 38.5 Å². The van der Waals surface area contributed by atoms with Crippen LogP contribution in [0, 0.1) is 5.41 Å². The summed E-state index contributed by atoms with van der Waals surface area (Å²) in [4.78, 5) is 0. The van der Waals surface area contributed by atoms with E-state index in [0.717, 1.165) is 17.9 Å². The molecule has 0 amide bonds. The first-order valence-corrected chi connectivity index (χ1v) is 7.36. The first-order chi connectivity index (χ1) is 9.83. The normalized spacial score (nSPS) is 18.1. The van der Waals surface area contributed by atoms with Crippen molar-refractivity contribution in [1.29, 1.82) is 0 Å². The summed E-state index contributed by atoms with van der Waals surface area (Å²) in [6.45, 7) is 0.717. The topological polar surface area (TPSA) is 69.6 Å². The molecule has 1 aliphatic rings. The van der Waals surface area contributed by atoms with Crippen molar-refractivity contribution in [2.75, 3.05) is 6.54 Å². The third-order valence-corrected chi connectivity index (χ3v) is 4.42. The smallest absolute Gasteiger partial charge is 0.157 e. The van der Waals surface area contributed by atoms with Gasteiger partial charge in [-0.2, -0.15) is 4.68 Å². The number of para-hydroxylation sites is 1. The minimum atomic E-state index is 0.180. The van der Waals surface area contributed by atoms with Crippen LogP contribution in [0.5, 0.6) is 0 Å². The number of hydrogen-bond donors (Lipinski definition) is 1. The minimum Gasteiger partial charge on any atom is -0.330 e. The summed E-state index contributed by atoms with van der Waals surface area (Å²) < 4.78 is 1.84. The largest absolute Gasteiger partial charge is 0.330 e. The van der Waals surface area contributed by atoms with Crippen LogP contribution in [0.25, 0.3) is 5.69 Å². The number of nitrogens with zero attached hydrogens (tertiary/aromatic N) is 4. The van der Waals surface area contributed by atoms with Gasteiger partial charge in [0.15, 0.2) is 5.82 Å². The second-order valence-corrected chi connectivity index (χ2v) is 5.78. The molecule has 0 aliphatic heterocycles. The van der Waals surface area contributed by atoms with Gasteiger partial charge in [0.05, 0.1) is 5.69 Å². The van der Waals surface area contributed by atoms with Gasteiger partial charge in [0.2, 0.25) is 0 Å². The molecule has 0 radical (unpaired) electrons. The van der Waals surface area contributed by atoms with Gasteiger partial charge in [0.25, 0.3) is 0 Å². The molecule has 1 aromatic heterocycles. The Morgan fingerprint density at radius 3 is 2.55 bits per heavy atom. The third kappa shape index (κ3) is 2.58. The number of tetrazole rings is 1. The molecule has 5 heteroatoms. The van der Waals surface area contributed by atoms with E-state index in [4.69, 9.17) is 5.73 Å². The lowest BCUT2D eigenvalue weighted by Gasteiger charge is -2.35. The van der Waals surface area contributed by atoms with Crippen molar-refractivity contribution in [1.82, 2.24) is 20.2 Å². The highest BCUT2D eigenvalue weighted by Gasteiger charge is 2.32. The molecule has 106 valence electrons. The summed E-state index contributed by atoms with van der Waals surface area (Å²) in [5.74, 6) is 0.920. The summed E-state index contributed by atoms with van der Waals surface area (Å²) in [5, 5.41) is 12.2. The molecule has 0 bridgehead atoms. The van der Waals surface area contributed by atoms with Gasteiger partial charge in [-0.15, -0.1) is 5.10 Å². The molecule has 0 atom stereocenters. The van der Waals surface area contributed by atoms with Crippen molar-refractivity contribution in [3.05, 3.63) is 36.2 Å². The van der Waals surface area contributed by atoms with Gasteiger partial charge < -0.3 is 5.73 Å². The van der Waals surface area contributed by atoms with E-state index in [1.165, 1.54) is 32.1 Å². The number of nitrogens with two attached hydrogens (primary N) is 1. The summed E-state index contributed by atoms with van der Waals surface area (Å²) in [6, 6.07) is 10.0. The Bertz CT molecular complexity index is 542. The molecule has 2 aromatic rings. The fraction of sp³-hybridized carbons (Fsp3) is 0.533. The van der Waals surface area contributed by atoms with Crippen LogP contribution in [0.1, 0.15) is 37.9 Å². The van der Waals surface area contributed by atoms with Crippen LogP contribution < -0.4 is 5.73 Å². The molecule has 1 heterocycles. The van der Waals surface area contributed by atoms with Crippen molar-refractivity contribution >= 4 is 0 Å². The Kier molecular flexibility index (Phi) is 3.78. The Morgan fingerprint density at radius 1 is 1.10 bits per heavy atom. The summed E-state index contributed by atoms with van der Waals surface area (Å²) >= 11 is 0. The predicted molar refractivity (Wildman–Crippen MR) is 77.4 cm³/mol. The van der Waals surface area contributed by atoms with Gasteiger partial charge in [0, 0.05) is 6.42 Å². The summed E-state index contributed by atoms with van der Waals surface area (Å²) in [5.41, 5.74) is 7.26. The zero-order valence-electron chi connectivity index (χ0n) is 11.7.